The second kappa shape index (κ2) is 7.26. The van der Waals surface area contributed by atoms with Crippen molar-refractivity contribution in [1.29, 1.82) is 0 Å². The number of fused-ring (bicyclic) bond motifs is 2. The van der Waals surface area contributed by atoms with Crippen LogP contribution < -0.4 is 10.9 Å². The Morgan fingerprint density at radius 2 is 2.15 bits per heavy atom. The van der Waals surface area contributed by atoms with Crippen LogP contribution in [-0.4, -0.2) is 29.2 Å². The van der Waals surface area contributed by atoms with E-state index in [1.165, 1.54) is 0 Å². The van der Waals surface area contributed by atoms with Crippen LogP contribution in [0.1, 0.15) is 52.9 Å². The topological polar surface area (TPSA) is 93.3 Å². The van der Waals surface area contributed by atoms with Crippen molar-refractivity contribution >= 4 is 11.7 Å². The monoisotopic (exact) mass is 367 g/mol. The maximum Gasteiger partial charge on any atom is 0.261 e. The Morgan fingerprint density at radius 1 is 1.33 bits per heavy atom. The number of carbonyl (C=O) groups is 1. The summed E-state index contributed by atoms with van der Waals surface area (Å²) in [5.74, 6) is 1.18. The fourth-order valence-corrected chi connectivity index (χ4v) is 3.56. The highest BCUT2D eigenvalue weighted by Gasteiger charge is 2.33. The second-order valence-electron chi connectivity index (χ2n) is 6.67. The third kappa shape index (κ3) is 3.32. The number of carbonyl (C=O) groups excluding carboxylic acids is 1. The van der Waals surface area contributed by atoms with Crippen LogP contribution in [0.3, 0.4) is 0 Å². The van der Waals surface area contributed by atoms with Gasteiger partial charge in [-0.2, -0.15) is 0 Å². The number of nitrogens with one attached hydrogen (secondary N) is 2. The zero-order valence-corrected chi connectivity index (χ0v) is 15.1. The molecule has 0 aromatic carbocycles. The van der Waals surface area contributed by atoms with Crippen LogP contribution in [0.15, 0.2) is 41.1 Å². The molecule has 0 radical (unpaired) electrons. The van der Waals surface area contributed by atoms with Gasteiger partial charge in [0.25, 0.3) is 11.5 Å². The summed E-state index contributed by atoms with van der Waals surface area (Å²) in [6, 6.07) is 5.51. The highest BCUT2D eigenvalue weighted by atomic mass is 16.7. The molecule has 0 fully saturated rings. The summed E-state index contributed by atoms with van der Waals surface area (Å²) in [5, 5.41) is 2.83. The first-order valence-electron chi connectivity index (χ1n) is 9.10. The SMILES string of the molecule is CCC1CC2=C(OCO2)c2[nH]c(=O)c(C(=O)NCCc3ccncc3)cc21. The first-order valence-corrected chi connectivity index (χ1v) is 9.10. The molecule has 140 valence electrons. The molecule has 1 aliphatic heterocycles. The zero-order valence-electron chi connectivity index (χ0n) is 15.1. The molecule has 4 rings (SSSR count). The van der Waals surface area contributed by atoms with Crippen molar-refractivity contribution in [3.8, 4) is 0 Å². The smallest absolute Gasteiger partial charge is 0.261 e. The highest BCUT2D eigenvalue weighted by Crippen LogP contribution is 2.42. The Hall–Kier alpha value is -3.09. The molecule has 0 spiro atoms. The van der Waals surface area contributed by atoms with E-state index in [4.69, 9.17) is 9.47 Å². The third-order valence-electron chi connectivity index (χ3n) is 5.05. The van der Waals surface area contributed by atoms with Gasteiger partial charge in [0, 0.05) is 25.4 Å². The van der Waals surface area contributed by atoms with Crippen LogP contribution in [0.4, 0.5) is 0 Å². The van der Waals surface area contributed by atoms with E-state index in [0.29, 0.717) is 30.8 Å². The van der Waals surface area contributed by atoms with Crippen molar-refractivity contribution in [3.63, 3.8) is 0 Å². The van der Waals surface area contributed by atoms with Crippen molar-refractivity contribution in [2.45, 2.75) is 32.1 Å². The molecule has 1 aliphatic carbocycles. The van der Waals surface area contributed by atoms with Crippen LogP contribution in [0, 0.1) is 0 Å². The average molecular weight is 367 g/mol. The van der Waals surface area contributed by atoms with E-state index in [0.717, 1.165) is 23.3 Å². The molecule has 0 saturated carbocycles. The summed E-state index contributed by atoms with van der Waals surface area (Å²) in [5.41, 5.74) is 2.35. The van der Waals surface area contributed by atoms with E-state index in [9.17, 15) is 9.59 Å². The zero-order chi connectivity index (χ0) is 18.8. The largest absolute Gasteiger partial charge is 0.458 e. The molecule has 2 aliphatic rings. The van der Waals surface area contributed by atoms with Gasteiger partial charge >= 0.3 is 0 Å². The summed E-state index contributed by atoms with van der Waals surface area (Å²) in [6.45, 7) is 2.69. The van der Waals surface area contributed by atoms with Gasteiger partial charge in [-0.15, -0.1) is 0 Å². The number of hydrogen-bond acceptors (Lipinski definition) is 5. The minimum atomic E-state index is -0.422. The van der Waals surface area contributed by atoms with Gasteiger partial charge in [-0.25, -0.2) is 0 Å². The number of allylic oxidation sites excluding steroid dienone is 1. The minimum Gasteiger partial charge on any atom is -0.458 e. The van der Waals surface area contributed by atoms with Crippen molar-refractivity contribution in [2.24, 2.45) is 0 Å². The minimum absolute atomic E-state index is 0.130. The van der Waals surface area contributed by atoms with Crippen LogP contribution in [0.5, 0.6) is 0 Å². The summed E-state index contributed by atoms with van der Waals surface area (Å²) >= 11 is 0. The van der Waals surface area contributed by atoms with Gasteiger partial charge in [-0.05, 0) is 48.1 Å². The second-order valence-corrected chi connectivity index (χ2v) is 6.67. The number of aromatic amines is 1. The predicted molar refractivity (Wildman–Crippen MR) is 98.9 cm³/mol. The number of H-pyrrole nitrogens is 1. The molecule has 0 saturated heterocycles. The Bertz CT molecular complexity index is 949. The first-order chi connectivity index (χ1) is 13.2. The van der Waals surface area contributed by atoms with E-state index < -0.39 is 5.56 Å². The third-order valence-corrected chi connectivity index (χ3v) is 5.05. The van der Waals surface area contributed by atoms with Crippen LogP contribution in [0.25, 0.3) is 5.76 Å². The summed E-state index contributed by atoms with van der Waals surface area (Å²) in [7, 11) is 0. The lowest BCUT2D eigenvalue weighted by molar-refractivity contribution is 0.0841. The van der Waals surface area contributed by atoms with Gasteiger partial charge in [-0.3, -0.25) is 14.6 Å². The van der Waals surface area contributed by atoms with E-state index >= 15 is 0 Å². The Morgan fingerprint density at radius 3 is 2.93 bits per heavy atom. The lowest BCUT2D eigenvalue weighted by Crippen LogP contribution is -2.32. The number of rotatable bonds is 5. The predicted octanol–water partition coefficient (Wildman–Crippen LogP) is 2.31. The molecule has 1 amide bonds. The van der Waals surface area contributed by atoms with E-state index in [1.807, 2.05) is 12.1 Å². The molecule has 1 atom stereocenters. The Balaban J connectivity index is 1.55. The van der Waals surface area contributed by atoms with Crippen LogP contribution in [-0.2, 0) is 15.9 Å². The number of nitrogens with zero attached hydrogens (tertiary/aromatic N) is 1. The molecule has 0 bridgehead atoms. The first kappa shape index (κ1) is 17.3. The fourth-order valence-electron chi connectivity index (χ4n) is 3.56. The van der Waals surface area contributed by atoms with Crippen LogP contribution in [0.2, 0.25) is 0 Å². The summed E-state index contributed by atoms with van der Waals surface area (Å²) in [4.78, 5) is 31.9. The number of ether oxygens (including phenoxy) is 2. The van der Waals surface area contributed by atoms with Gasteiger partial charge in [-0.1, -0.05) is 6.92 Å². The van der Waals surface area contributed by atoms with Crippen molar-refractivity contribution in [3.05, 3.63) is 69.1 Å². The number of aromatic nitrogens is 2. The van der Waals surface area contributed by atoms with E-state index in [1.54, 1.807) is 18.5 Å². The van der Waals surface area contributed by atoms with Gasteiger partial charge in [0.2, 0.25) is 6.79 Å². The van der Waals surface area contributed by atoms with E-state index in [2.05, 4.69) is 22.2 Å². The molecular formula is C20H21N3O4. The molecule has 3 heterocycles. The van der Waals surface area contributed by atoms with Gasteiger partial charge in [0.15, 0.2) is 5.76 Å². The Labute approximate surface area is 156 Å². The maximum absolute atomic E-state index is 12.6. The summed E-state index contributed by atoms with van der Waals surface area (Å²) in [6.07, 6.45) is 5.70. The highest BCUT2D eigenvalue weighted by molar-refractivity contribution is 5.94. The van der Waals surface area contributed by atoms with Crippen molar-refractivity contribution in [1.82, 2.24) is 15.3 Å². The fraction of sp³-hybridized carbons (Fsp3) is 0.350. The van der Waals surface area contributed by atoms with Gasteiger partial charge in [0.05, 0.1) is 5.69 Å². The molecule has 2 aromatic rings. The molecule has 7 heteroatoms. The van der Waals surface area contributed by atoms with Gasteiger partial charge in [0.1, 0.15) is 11.3 Å². The Kier molecular flexibility index (Phi) is 4.66. The molecule has 7 nitrogen and oxygen atoms in total. The lowest BCUT2D eigenvalue weighted by Gasteiger charge is -2.23. The molecule has 2 N–H and O–H groups in total. The van der Waals surface area contributed by atoms with Crippen molar-refractivity contribution in [2.75, 3.05) is 13.3 Å². The standard InChI is InChI=1S/C20H21N3O4/c1-2-13-9-16-18(27-11-26-16)17-14(13)10-15(20(25)23-17)19(24)22-8-5-12-3-6-21-7-4-12/h3-4,6-7,10,13H,2,5,8-9,11H2,1H3,(H,22,24)(H,23,25). The van der Waals surface area contributed by atoms with E-state index in [-0.39, 0.29) is 24.2 Å². The van der Waals surface area contributed by atoms with Crippen LogP contribution >= 0.6 is 0 Å². The molecule has 27 heavy (non-hydrogen) atoms. The number of amides is 1. The molecule has 2 aromatic heterocycles. The quantitative estimate of drug-likeness (QED) is 0.846. The lowest BCUT2D eigenvalue weighted by atomic mass is 9.85. The summed E-state index contributed by atoms with van der Waals surface area (Å²) < 4.78 is 11.0. The molecule has 1 unspecified atom stereocenters. The average Bonchev–Trinajstić information content (AvgIpc) is 3.16. The maximum atomic E-state index is 12.6. The number of hydrogen-bond donors (Lipinski definition) is 2. The van der Waals surface area contributed by atoms with Gasteiger partial charge < -0.3 is 19.8 Å². The van der Waals surface area contributed by atoms with Crippen molar-refractivity contribution < 1.29 is 14.3 Å². The number of pyridine rings is 2. The molecular weight excluding hydrogens is 346 g/mol. The normalized spacial score (nSPS) is 17.6.